The Bertz CT molecular complexity index is 936. The second-order valence-corrected chi connectivity index (χ2v) is 6.67. The summed E-state index contributed by atoms with van der Waals surface area (Å²) in [6, 6.07) is 11.7. The van der Waals surface area contributed by atoms with Gasteiger partial charge in [-0.1, -0.05) is 24.3 Å². The summed E-state index contributed by atoms with van der Waals surface area (Å²) in [5.41, 5.74) is 5.03. The lowest BCUT2D eigenvalue weighted by Crippen LogP contribution is -2.36. The number of hydrogen-bond acceptors (Lipinski definition) is 4. The van der Waals surface area contributed by atoms with E-state index in [4.69, 9.17) is 0 Å². The van der Waals surface area contributed by atoms with Crippen LogP contribution in [0.4, 0.5) is 0 Å². The molecule has 1 aliphatic heterocycles. The zero-order chi connectivity index (χ0) is 18.1. The van der Waals surface area contributed by atoms with Crippen molar-refractivity contribution >= 4 is 5.97 Å². The lowest BCUT2D eigenvalue weighted by Gasteiger charge is -2.32. The molecule has 1 aliphatic rings. The van der Waals surface area contributed by atoms with Crippen LogP contribution in [0.2, 0.25) is 0 Å². The van der Waals surface area contributed by atoms with Crippen LogP contribution in [0.1, 0.15) is 22.6 Å². The molecule has 1 N–H and O–H groups in total. The monoisotopic (exact) mass is 348 g/mol. The third-order valence-electron chi connectivity index (χ3n) is 4.82. The van der Waals surface area contributed by atoms with Crippen molar-refractivity contribution in [3.8, 4) is 11.3 Å². The molecule has 1 unspecified atom stereocenters. The van der Waals surface area contributed by atoms with Crippen LogP contribution >= 0.6 is 0 Å². The van der Waals surface area contributed by atoms with Gasteiger partial charge in [-0.2, -0.15) is 5.10 Å². The molecular formula is C20H20N4O2. The Balaban J connectivity index is 1.64. The lowest BCUT2D eigenvalue weighted by atomic mass is 9.89. The van der Waals surface area contributed by atoms with E-state index in [9.17, 15) is 9.90 Å². The number of nitrogens with zero attached hydrogens (tertiary/aromatic N) is 4. The van der Waals surface area contributed by atoms with Gasteiger partial charge in [0.2, 0.25) is 0 Å². The summed E-state index contributed by atoms with van der Waals surface area (Å²) < 4.78 is 1.80. The highest BCUT2D eigenvalue weighted by atomic mass is 16.4. The molecule has 0 saturated heterocycles. The average Bonchev–Trinajstić information content (AvgIpc) is 3.02. The SMILES string of the molecule is Cn1cc(CN2Cc3ccccc3C(C(=O)O)C2)c(-c2ccncc2)n1. The van der Waals surface area contributed by atoms with Crippen LogP contribution in [0.25, 0.3) is 11.3 Å². The van der Waals surface area contributed by atoms with E-state index in [0.717, 1.165) is 34.5 Å². The van der Waals surface area contributed by atoms with Gasteiger partial charge in [0, 0.05) is 56.4 Å². The molecule has 2 aromatic heterocycles. The molecule has 6 nitrogen and oxygen atoms in total. The second-order valence-electron chi connectivity index (χ2n) is 6.67. The lowest BCUT2D eigenvalue weighted by molar-refractivity contribution is -0.139. The fraction of sp³-hybridized carbons (Fsp3) is 0.250. The Labute approximate surface area is 151 Å². The number of carbonyl (C=O) groups is 1. The minimum atomic E-state index is -0.775. The first-order chi connectivity index (χ1) is 12.6. The van der Waals surface area contributed by atoms with Crippen LogP contribution < -0.4 is 0 Å². The number of rotatable bonds is 4. The maximum atomic E-state index is 11.8. The molecule has 132 valence electrons. The number of hydrogen-bond donors (Lipinski definition) is 1. The van der Waals surface area contributed by atoms with Gasteiger partial charge < -0.3 is 5.11 Å². The summed E-state index contributed by atoms with van der Waals surface area (Å²) in [7, 11) is 1.90. The highest BCUT2D eigenvalue weighted by Gasteiger charge is 2.30. The molecule has 3 heterocycles. The molecule has 1 aromatic carbocycles. The summed E-state index contributed by atoms with van der Waals surface area (Å²) >= 11 is 0. The van der Waals surface area contributed by atoms with Gasteiger partial charge in [-0.25, -0.2) is 0 Å². The smallest absolute Gasteiger partial charge is 0.312 e. The number of pyridine rings is 1. The first-order valence-corrected chi connectivity index (χ1v) is 8.57. The van der Waals surface area contributed by atoms with E-state index in [1.807, 2.05) is 49.6 Å². The van der Waals surface area contributed by atoms with Crippen LogP contribution in [-0.4, -0.2) is 37.3 Å². The molecule has 0 aliphatic carbocycles. The van der Waals surface area contributed by atoms with Crippen molar-refractivity contribution in [3.05, 3.63) is 71.7 Å². The van der Waals surface area contributed by atoms with Gasteiger partial charge in [-0.15, -0.1) is 0 Å². The Morgan fingerprint density at radius 1 is 1.23 bits per heavy atom. The minimum Gasteiger partial charge on any atom is -0.481 e. The maximum Gasteiger partial charge on any atom is 0.312 e. The highest BCUT2D eigenvalue weighted by molar-refractivity contribution is 5.77. The molecule has 3 aromatic rings. The van der Waals surface area contributed by atoms with Crippen LogP contribution in [0.5, 0.6) is 0 Å². The van der Waals surface area contributed by atoms with Gasteiger partial charge in [0.05, 0.1) is 11.6 Å². The fourth-order valence-electron chi connectivity index (χ4n) is 3.66. The van der Waals surface area contributed by atoms with Crippen LogP contribution in [-0.2, 0) is 24.9 Å². The van der Waals surface area contributed by atoms with Crippen molar-refractivity contribution in [1.82, 2.24) is 19.7 Å². The number of aliphatic carboxylic acids is 1. The van der Waals surface area contributed by atoms with E-state index < -0.39 is 11.9 Å². The molecular weight excluding hydrogens is 328 g/mol. The fourth-order valence-corrected chi connectivity index (χ4v) is 3.66. The molecule has 26 heavy (non-hydrogen) atoms. The number of carboxylic acids is 1. The molecule has 0 spiro atoms. The van der Waals surface area contributed by atoms with E-state index in [2.05, 4.69) is 15.0 Å². The van der Waals surface area contributed by atoms with Crippen LogP contribution in [0.15, 0.2) is 55.0 Å². The number of carboxylic acid groups (broad SMARTS) is 1. The van der Waals surface area contributed by atoms with Gasteiger partial charge in [-0.3, -0.25) is 19.4 Å². The normalized spacial score (nSPS) is 17.0. The summed E-state index contributed by atoms with van der Waals surface area (Å²) in [5.74, 6) is -1.27. The van der Waals surface area contributed by atoms with Gasteiger partial charge in [0.15, 0.2) is 0 Å². The van der Waals surface area contributed by atoms with E-state index in [1.54, 1.807) is 17.1 Å². The van der Waals surface area contributed by atoms with E-state index >= 15 is 0 Å². The van der Waals surface area contributed by atoms with Crippen molar-refractivity contribution in [1.29, 1.82) is 0 Å². The number of benzene rings is 1. The second kappa shape index (κ2) is 6.72. The Morgan fingerprint density at radius 3 is 2.77 bits per heavy atom. The third kappa shape index (κ3) is 3.11. The zero-order valence-electron chi connectivity index (χ0n) is 14.5. The van der Waals surface area contributed by atoms with Crippen molar-refractivity contribution in [3.63, 3.8) is 0 Å². The standard InChI is InChI=1S/C20H20N4O2/c1-23-10-16(19(22-23)14-6-8-21-9-7-14)12-24-11-15-4-2-3-5-17(15)18(13-24)20(25)26/h2-10,18H,11-13H2,1H3,(H,25,26). The molecule has 0 fully saturated rings. The molecule has 0 saturated carbocycles. The molecule has 0 amide bonds. The van der Waals surface area contributed by atoms with Gasteiger partial charge in [0.25, 0.3) is 0 Å². The Kier molecular flexibility index (Phi) is 4.26. The number of aryl methyl sites for hydroxylation is 1. The minimum absolute atomic E-state index is 0.497. The largest absolute Gasteiger partial charge is 0.481 e. The average molecular weight is 348 g/mol. The van der Waals surface area contributed by atoms with E-state index in [1.165, 1.54) is 0 Å². The third-order valence-corrected chi connectivity index (χ3v) is 4.82. The summed E-state index contributed by atoms with van der Waals surface area (Å²) in [6.45, 7) is 1.89. The van der Waals surface area contributed by atoms with Crippen molar-refractivity contribution in [2.45, 2.75) is 19.0 Å². The summed E-state index contributed by atoms with van der Waals surface area (Å²) in [5, 5.41) is 14.2. The van der Waals surface area contributed by atoms with E-state index in [0.29, 0.717) is 13.1 Å². The first-order valence-electron chi connectivity index (χ1n) is 8.57. The Morgan fingerprint density at radius 2 is 2.00 bits per heavy atom. The summed E-state index contributed by atoms with van der Waals surface area (Å²) in [4.78, 5) is 18.0. The van der Waals surface area contributed by atoms with Crippen LogP contribution in [0, 0.1) is 0 Å². The molecule has 0 radical (unpaired) electrons. The quantitative estimate of drug-likeness (QED) is 0.785. The van der Waals surface area contributed by atoms with Gasteiger partial charge in [0.1, 0.15) is 0 Å². The van der Waals surface area contributed by atoms with Crippen molar-refractivity contribution in [2.75, 3.05) is 6.54 Å². The number of aromatic nitrogens is 3. The topological polar surface area (TPSA) is 71.2 Å². The number of fused-ring (bicyclic) bond motifs is 1. The van der Waals surface area contributed by atoms with Crippen LogP contribution in [0.3, 0.4) is 0 Å². The van der Waals surface area contributed by atoms with Gasteiger partial charge in [-0.05, 0) is 23.3 Å². The van der Waals surface area contributed by atoms with E-state index in [-0.39, 0.29) is 0 Å². The predicted octanol–water partition coefficient (Wildman–Crippen LogP) is 2.67. The predicted molar refractivity (Wildman–Crippen MR) is 97.4 cm³/mol. The zero-order valence-corrected chi connectivity index (χ0v) is 14.5. The molecule has 6 heteroatoms. The molecule has 4 rings (SSSR count). The maximum absolute atomic E-state index is 11.8. The Hall–Kier alpha value is -2.99. The van der Waals surface area contributed by atoms with Gasteiger partial charge >= 0.3 is 5.97 Å². The molecule has 0 bridgehead atoms. The molecule has 1 atom stereocenters. The highest BCUT2D eigenvalue weighted by Crippen LogP contribution is 2.31. The first kappa shape index (κ1) is 16.5. The summed E-state index contributed by atoms with van der Waals surface area (Å²) in [6.07, 6.45) is 5.52. The van der Waals surface area contributed by atoms with Crippen molar-refractivity contribution < 1.29 is 9.90 Å². The van der Waals surface area contributed by atoms with Crippen molar-refractivity contribution in [2.24, 2.45) is 7.05 Å².